The number of carbonyl (C=O) groups excluding carboxylic acids is 1. The number of hydrogen-bond acceptors (Lipinski definition) is 4. The lowest BCUT2D eigenvalue weighted by Gasteiger charge is -2.11. The molecule has 18 heavy (non-hydrogen) atoms. The molecule has 1 amide bonds. The van der Waals surface area contributed by atoms with Crippen molar-refractivity contribution in [3.63, 3.8) is 0 Å². The summed E-state index contributed by atoms with van der Waals surface area (Å²) in [5, 5.41) is 11.1. The van der Waals surface area contributed by atoms with Gasteiger partial charge in [0, 0.05) is 26.2 Å². The minimum Gasteiger partial charge on any atom is -0.481 e. The Bertz CT molecular complexity index is 246. The molecule has 0 radical (unpaired) electrons. The number of carbonyl (C=O) groups is 2. The van der Waals surface area contributed by atoms with Crippen molar-refractivity contribution in [1.82, 2.24) is 5.32 Å². The van der Waals surface area contributed by atoms with Crippen molar-refractivity contribution in [2.75, 3.05) is 19.8 Å². The van der Waals surface area contributed by atoms with Crippen LogP contribution in [0.5, 0.6) is 0 Å². The fourth-order valence-corrected chi connectivity index (χ4v) is 1.28. The predicted molar refractivity (Wildman–Crippen MR) is 68.2 cm³/mol. The van der Waals surface area contributed by atoms with E-state index in [0.29, 0.717) is 13.2 Å². The van der Waals surface area contributed by atoms with Crippen molar-refractivity contribution < 1.29 is 19.4 Å². The normalized spacial score (nSPS) is 12.1. The van der Waals surface area contributed by atoms with Gasteiger partial charge in [-0.2, -0.15) is 0 Å². The van der Waals surface area contributed by atoms with E-state index in [4.69, 9.17) is 15.6 Å². The number of unbranched alkanes of at least 4 members (excludes halogenated alkanes) is 1. The average Bonchev–Trinajstić information content (AvgIpc) is 2.34. The third-order valence-electron chi connectivity index (χ3n) is 2.41. The fourth-order valence-electron chi connectivity index (χ4n) is 1.28. The van der Waals surface area contributed by atoms with Gasteiger partial charge in [0.1, 0.15) is 0 Å². The SMILES string of the molecule is CCCCOCCCNC(=O)C(N)CCC(=O)O. The molecule has 0 bridgehead atoms. The van der Waals surface area contributed by atoms with Gasteiger partial charge in [0.05, 0.1) is 6.04 Å². The molecule has 0 aliphatic heterocycles. The first-order valence-corrected chi connectivity index (χ1v) is 6.40. The summed E-state index contributed by atoms with van der Waals surface area (Å²) in [5.74, 6) is -1.24. The van der Waals surface area contributed by atoms with Crippen molar-refractivity contribution in [2.24, 2.45) is 5.73 Å². The molecule has 0 rings (SSSR count). The highest BCUT2D eigenvalue weighted by Gasteiger charge is 2.13. The van der Waals surface area contributed by atoms with Crippen molar-refractivity contribution in [3.8, 4) is 0 Å². The molecule has 0 heterocycles. The van der Waals surface area contributed by atoms with E-state index in [9.17, 15) is 9.59 Å². The number of aliphatic carboxylic acids is 1. The number of amides is 1. The van der Waals surface area contributed by atoms with E-state index < -0.39 is 12.0 Å². The average molecular weight is 260 g/mol. The third-order valence-corrected chi connectivity index (χ3v) is 2.41. The smallest absolute Gasteiger partial charge is 0.303 e. The summed E-state index contributed by atoms with van der Waals surface area (Å²) in [4.78, 5) is 21.7. The van der Waals surface area contributed by atoms with Crippen LogP contribution in [0.2, 0.25) is 0 Å². The van der Waals surface area contributed by atoms with Crippen LogP contribution in [0.25, 0.3) is 0 Å². The molecule has 0 aromatic heterocycles. The number of hydrogen-bond donors (Lipinski definition) is 3. The van der Waals surface area contributed by atoms with E-state index in [1.54, 1.807) is 0 Å². The van der Waals surface area contributed by atoms with Crippen LogP contribution in [-0.4, -0.2) is 42.8 Å². The van der Waals surface area contributed by atoms with Crippen LogP contribution in [0.15, 0.2) is 0 Å². The number of ether oxygens (including phenoxy) is 1. The molecule has 0 fully saturated rings. The molecular weight excluding hydrogens is 236 g/mol. The van der Waals surface area contributed by atoms with Gasteiger partial charge in [-0.05, 0) is 19.3 Å². The number of carboxylic acids is 1. The summed E-state index contributed by atoms with van der Waals surface area (Å²) in [6.07, 6.45) is 2.96. The van der Waals surface area contributed by atoms with Crippen LogP contribution in [0, 0.1) is 0 Å². The highest BCUT2D eigenvalue weighted by Crippen LogP contribution is 1.95. The summed E-state index contributed by atoms with van der Waals surface area (Å²) < 4.78 is 5.34. The molecule has 0 aliphatic rings. The maximum absolute atomic E-state index is 11.4. The van der Waals surface area contributed by atoms with Gasteiger partial charge in [-0.1, -0.05) is 13.3 Å². The first-order chi connectivity index (χ1) is 8.57. The van der Waals surface area contributed by atoms with Gasteiger partial charge < -0.3 is 20.9 Å². The van der Waals surface area contributed by atoms with Crippen LogP contribution in [0.3, 0.4) is 0 Å². The predicted octanol–water partition coefficient (Wildman–Crippen LogP) is 0.502. The summed E-state index contributed by atoms with van der Waals surface area (Å²) in [6.45, 7) is 3.97. The summed E-state index contributed by atoms with van der Waals surface area (Å²) in [7, 11) is 0. The molecule has 0 aromatic carbocycles. The van der Waals surface area contributed by atoms with E-state index >= 15 is 0 Å². The molecular formula is C12H24N2O4. The zero-order valence-corrected chi connectivity index (χ0v) is 11.0. The van der Waals surface area contributed by atoms with E-state index in [1.165, 1.54) is 0 Å². The van der Waals surface area contributed by atoms with Crippen molar-refractivity contribution in [1.29, 1.82) is 0 Å². The molecule has 6 heteroatoms. The number of rotatable bonds is 11. The Morgan fingerprint density at radius 1 is 1.33 bits per heavy atom. The lowest BCUT2D eigenvalue weighted by atomic mass is 10.1. The minimum absolute atomic E-state index is 0.0886. The van der Waals surface area contributed by atoms with Gasteiger partial charge in [-0.25, -0.2) is 0 Å². The summed E-state index contributed by atoms with van der Waals surface area (Å²) >= 11 is 0. The largest absolute Gasteiger partial charge is 0.481 e. The quantitative estimate of drug-likeness (QED) is 0.470. The Labute approximate surface area is 108 Å². The second-order valence-corrected chi connectivity index (χ2v) is 4.15. The Morgan fingerprint density at radius 2 is 2.00 bits per heavy atom. The Morgan fingerprint density at radius 3 is 2.61 bits per heavy atom. The molecule has 106 valence electrons. The molecule has 6 nitrogen and oxygen atoms in total. The number of carboxylic acid groups (broad SMARTS) is 1. The standard InChI is InChI=1S/C12H24N2O4/c1-2-3-8-18-9-4-7-14-12(17)10(13)5-6-11(15)16/h10H,2-9,13H2,1H3,(H,14,17)(H,15,16). The van der Waals surface area contributed by atoms with E-state index in [-0.39, 0.29) is 18.7 Å². The van der Waals surface area contributed by atoms with Crippen LogP contribution in [0.4, 0.5) is 0 Å². The molecule has 0 aromatic rings. The zero-order valence-electron chi connectivity index (χ0n) is 11.0. The maximum Gasteiger partial charge on any atom is 0.303 e. The van der Waals surface area contributed by atoms with E-state index in [2.05, 4.69) is 12.2 Å². The second-order valence-electron chi connectivity index (χ2n) is 4.15. The van der Waals surface area contributed by atoms with Crippen molar-refractivity contribution >= 4 is 11.9 Å². The first-order valence-electron chi connectivity index (χ1n) is 6.40. The van der Waals surface area contributed by atoms with Crippen LogP contribution >= 0.6 is 0 Å². The minimum atomic E-state index is -0.942. The van der Waals surface area contributed by atoms with Gasteiger partial charge in [0.2, 0.25) is 5.91 Å². The lowest BCUT2D eigenvalue weighted by molar-refractivity contribution is -0.137. The van der Waals surface area contributed by atoms with Gasteiger partial charge in [0.15, 0.2) is 0 Å². The van der Waals surface area contributed by atoms with E-state index in [1.807, 2.05) is 0 Å². The zero-order chi connectivity index (χ0) is 13.8. The molecule has 0 saturated heterocycles. The molecule has 0 spiro atoms. The molecule has 4 N–H and O–H groups in total. The monoisotopic (exact) mass is 260 g/mol. The molecule has 0 aliphatic carbocycles. The summed E-state index contributed by atoms with van der Waals surface area (Å²) in [6, 6.07) is -0.748. The number of nitrogens with one attached hydrogen (secondary N) is 1. The molecule has 0 saturated carbocycles. The van der Waals surface area contributed by atoms with Gasteiger partial charge in [0.25, 0.3) is 0 Å². The highest BCUT2D eigenvalue weighted by atomic mass is 16.5. The van der Waals surface area contributed by atoms with Crippen LogP contribution < -0.4 is 11.1 Å². The van der Waals surface area contributed by atoms with Gasteiger partial charge in [-0.15, -0.1) is 0 Å². The Kier molecular flexibility index (Phi) is 10.3. The van der Waals surface area contributed by atoms with Gasteiger partial charge >= 0.3 is 5.97 Å². The van der Waals surface area contributed by atoms with E-state index in [0.717, 1.165) is 25.9 Å². The maximum atomic E-state index is 11.4. The van der Waals surface area contributed by atoms with Gasteiger partial charge in [-0.3, -0.25) is 9.59 Å². The van der Waals surface area contributed by atoms with Crippen LogP contribution in [-0.2, 0) is 14.3 Å². The topological polar surface area (TPSA) is 102 Å². The Hall–Kier alpha value is -1.14. The highest BCUT2D eigenvalue weighted by molar-refractivity contribution is 5.82. The van der Waals surface area contributed by atoms with Crippen molar-refractivity contribution in [2.45, 2.75) is 45.1 Å². The summed E-state index contributed by atoms with van der Waals surface area (Å²) in [5.41, 5.74) is 5.54. The number of nitrogens with two attached hydrogens (primary N) is 1. The molecule has 1 atom stereocenters. The fraction of sp³-hybridized carbons (Fsp3) is 0.833. The first kappa shape index (κ1) is 16.9. The van der Waals surface area contributed by atoms with Crippen LogP contribution in [0.1, 0.15) is 39.0 Å². The second kappa shape index (κ2) is 11.0. The lowest BCUT2D eigenvalue weighted by Crippen LogP contribution is -2.41. The third kappa shape index (κ3) is 10.0. The van der Waals surface area contributed by atoms with Crippen molar-refractivity contribution in [3.05, 3.63) is 0 Å². The Balaban J connectivity index is 3.43. The molecule has 1 unspecified atom stereocenters.